The lowest BCUT2D eigenvalue weighted by Crippen LogP contribution is -2.13. The van der Waals surface area contributed by atoms with Crippen molar-refractivity contribution in [1.82, 2.24) is 0 Å². The summed E-state index contributed by atoms with van der Waals surface area (Å²) < 4.78 is 30.1. The Kier molecular flexibility index (Phi) is 8.37. The maximum Gasteiger partial charge on any atom is 0.162 e. The van der Waals surface area contributed by atoms with Crippen LogP contribution in [0.25, 0.3) is 0 Å². The Morgan fingerprint density at radius 2 is 0.905 bits per heavy atom. The molecule has 0 aliphatic carbocycles. The third-order valence-corrected chi connectivity index (χ3v) is 5.52. The molecule has 2 rings (SSSR count). The van der Waals surface area contributed by atoms with Crippen LogP contribution in [0.1, 0.15) is 0 Å². The molecule has 7 heteroatoms. The van der Waals surface area contributed by atoms with E-state index in [0.29, 0.717) is 52.9 Å². The lowest BCUT2D eigenvalue weighted by atomic mass is 10.3. The monoisotopic (exact) mass is 520 g/mol. The van der Waals surface area contributed by atoms with E-state index in [2.05, 4.69) is 45.2 Å². The van der Waals surface area contributed by atoms with E-state index < -0.39 is 0 Å². The predicted molar refractivity (Wildman–Crippen MR) is 95.3 cm³/mol. The van der Waals surface area contributed by atoms with Gasteiger partial charge in [-0.25, -0.2) is 0 Å². The van der Waals surface area contributed by atoms with E-state index in [1.54, 1.807) is 0 Å². The van der Waals surface area contributed by atoms with Crippen LogP contribution in [0.3, 0.4) is 0 Å². The van der Waals surface area contributed by atoms with Crippen molar-refractivity contribution in [2.75, 3.05) is 52.9 Å². The Balaban J connectivity index is 2.00. The van der Waals surface area contributed by atoms with Crippen LogP contribution < -0.4 is 9.47 Å². The molecule has 0 saturated heterocycles. The Bertz CT molecular complexity index is 403. The zero-order chi connectivity index (χ0) is 14.9. The summed E-state index contributed by atoms with van der Waals surface area (Å²) in [6, 6.07) is 3.97. The van der Waals surface area contributed by atoms with Gasteiger partial charge < -0.3 is 23.7 Å². The molecule has 0 amide bonds. The highest BCUT2D eigenvalue weighted by Crippen LogP contribution is 2.32. The first-order valence-electron chi connectivity index (χ1n) is 6.75. The average molecular weight is 520 g/mol. The minimum absolute atomic E-state index is 0.490. The first-order chi connectivity index (χ1) is 10.3. The van der Waals surface area contributed by atoms with Crippen molar-refractivity contribution in [3.8, 4) is 11.5 Å². The van der Waals surface area contributed by atoms with Gasteiger partial charge in [-0.1, -0.05) is 0 Å². The minimum Gasteiger partial charge on any atom is -0.487 e. The van der Waals surface area contributed by atoms with Gasteiger partial charge in [0, 0.05) is 7.14 Å². The molecule has 1 heterocycles. The Hall–Kier alpha value is 0.160. The van der Waals surface area contributed by atoms with Gasteiger partial charge in [-0.15, -0.1) is 0 Å². The number of fused-ring (bicyclic) bond motifs is 1. The highest BCUT2D eigenvalue weighted by molar-refractivity contribution is 14.1. The van der Waals surface area contributed by atoms with Crippen LogP contribution in [0.15, 0.2) is 12.1 Å². The second-order valence-corrected chi connectivity index (χ2v) is 6.57. The van der Waals surface area contributed by atoms with E-state index in [4.69, 9.17) is 23.7 Å². The summed E-state index contributed by atoms with van der Waals surface area (Å²) in [6.07, 6.45) is 0. The molecular weight excluding hydrogens is 502 g/mol. The van der Waals surface area contributed by atoms with E-state index in [0.717, 1.165) is 18.6 Å². The normalized spacial score (nSPS) is 18.6. The van der Waals surface area contributed by atoms with Crippen molar-refractivity contribution in [3.05, 3.63) is 19.3 Å². The van der Waals surface area contributed by atoms with Crippen LogP contribution >= 0.6 is 45.2 Å². The van der Waals surface area contributed by atoms with Crippen molar-refractivity contribution in [2.45, 2.75) is 0 Å². The van der Waals surface area contributed by atoms with Gasteiger partial charge in [0.15, 0.2) is 11.5 Å². The van der Waals surface area contributed by atoms with Crippen molar-refractivity contribution in [1.29, 1.82) is 0 Å². The van der Waals surface area contributed by atoms with Crippen LogP contribution in [-0.4, -0.2) is 52.9 Å². The quantitative estimate of drug-likeness (QED) is 0.493. The van der Waals surface area contributed by atoms with Crippen LogP contribution in [0.5, 0.6) is 11.5 Å². The highest BCUT2D eigenvalue weighted by atomic mass is 127. The fourth-order valence-corrected chi connectivity index (χ4v) is 2.58. The van der Waals surface area contributed by atoms with E-state index >= 15 is 0 Å². The van der Waals surface area contributed by atoms with Gasteiger partial charge in [-0.05, 0) is 57.3 Å². The summed E-state index contributed by atoms with van der Waals surface area (Å²) in [4.78, 5) is 0. The molecule has 1 aliphatic heterocycles. The van der Waals surface area contributed by atoms with Gasteiger partial charge in [0.25, 0.3) is 0 Å². The molecular formula is C14H18I2O5. The maximum atomic E-state index is 5.76. The van der Waals surface area contributed by atoms with E-state index in [-0.39, 0.29) is 0 Å². The SMILES string of the molecule is Ic1cc2c(cc1I)OCCOCCOCCOCCO2. The van der Waals surface area contributed by atoms with Gasteiger partial charge >= 0.3 is 0 Å². The van der Waals surface area contributed by atoms with E-state index in [9.17, 15) is 0 Å². The molecule has 5 nitrogen and oxygen atoms in total. The zero-order valence-corrected chi connectivity index (χ0v) is 15.9. The molecule has 0 unspecified atom stereocenters. The summed E-state index contributed by atoms with van der Waals surface area (Å²) in [6.45, 7) is 4.32. The number of hydrogen-bond acceptors (Lipinski definition) is 5. The number of benzene rings is 1. The van der Waals surface area contributed by atoms with Crippen LogP contribution in [0.4, 0.5) is 0 Å². The molecule has 118 valence electrons. The molecule has 1 aromatic carbocycles. The molecule has 0 bridgehead atoms. The summed E-state index contributed by atoms with van der Waals surface area (Å²) in [5.74, 6) is 1.49. The molecule has 0 saturated carbocycles. The van der Waals surface area contributed by atoms with Gasteiger partial charge in [0.1, 0.15) is 13.2 Å². The van der Waals surface area contributed by atoms with Gasteiger partial charge in [-0.2, -0.15) is 0 Å². The molecule has 0 fully saturated rings. The maximum absolute atomic E-state index is 5.76. The van der Waals surface area contributed by atoms with E-state index in [1.165, 1.54) is 0 Å². The van der Waals surface area contributed by atoms with Crippen molar-refractivity contribution >= 4 is 45.2 Å². The van der Waals surface area contributed by atoms with Gasteiger partial charge in [0.05, 0.1) is 39.6 Å². The predicted octanol–water partition coefficient (Wildman–Crippen LogP) is 2.72. The lowest BCUT2D eigenvalue weighted by Gasteiger charge is -2.14. The number of ether oxygens (including phenoxy) is 5. The van der Waals surface area contributed by atoms with Crippen molar-refractivity contribution in [2.24, 2.45) is 0 Å². The number of rotatable bonds is 0. The first kappa shape index (κ1) is 17.5. The molecule has 0 N–H and O–H groups in total. The minimum atomic E-state index is 0.490. The summed E-state index contributed by atoms with van der Waals surface area (Å²) in [5, 5.41) is 0. The first-order valence-corrected chi connectivity index (χ1v) is 8.91. The van der Waals surface area contributed by atoms with Crippen molar-refractivity contribution in [3.63, 3.8) is 0 Å². The second kappa shape index (κ2) is 10.0. The Morgan fingerprint density at radius 3 is 1.29 bits per heavy atom. The highest BCUT2D eigenvalue weighted by Gasteiger charge is 2.10. The molecule has 0 radical (unpaired) electrons. The number of halogens is 2. The largest absolute Gasteiger partial charge is 0.487 e. The summed E-state index contributed by atoms with van der Waals surface area (Å²) >= 11 is 4.57. The van der Waals surface area contributed by atoms with Gasteiger partial charge in [0.2, 0.25) is 0 Å². The average Bonchev–Trinajstić information content (AvgIpc) is 2.48. The Labute approximate surface area is 151 Å². The van der Waals surface area contributed by atoms with E-state index in [1.807, 2.05) is 12.1 Å². The number of hydrogen-bond donors (Lipinski definition) is 0. The topological polar surface area (TPSA) is 46.2 Å². The molecule has 1 aliphatic rings. The second-order valence-electron chi connectivity index (χ2n) is 4.25. The van der Waals surface area contributed by atoms with Crippen molar-refractivity contribution < 1.29 is 23.7 Å². The fraction of sp³-hybridized carbons (Fsp3) is 0.571. The molecule has 0 atom stereocenters. The fourth-order valence-electron chi connectivity index (χ4n) is 1.70. The molecule has 1 aromatic rings. The third-order valence-electron chi connectivity index (χ3n) is 2.70. The Morgan fingerprint density at radius 1 is 0.571 bits per heavy atom. The zero-order valence-electron chi connectivity index (χ0n) is 11.6. The van der Waals surface area contributed by atoms with Crippen LogP contribution in [0.2, 0.25) is 0 Å². The van der Waals surface area contributed by atoms with Crippen LogP contribution in [-0.2, 0) is 14.2 Å². The lowest BCUT2D eigenvalue weighted by molar-refractivity contribution is 0.00708. The standard InChI is InChI=1S/C14H18I2O5/c15-11-9-13-14(10-12(11)16)21-8-6-19-4-2-17-1-3-18-5-7-20-13/h9-10H,1-8H2. The van der Waals surface area contributed by atoms with Gasteiger partial charge in [-0.3, -0.25) is 0 Å². The van der Waals surface area contributed by atoms with Crippen LogP contribution in [0, 0.1) is 7.14 Å². The molecule has 0 spiro atoms. The smallest absolute Gasteiger partial charge is 0.162 e. The molecule has 21 heavy (non-hydrogen) atoms. The molecule has 0 aromatic heterocycles. The summed E-state index contributed by atoms with van der Waals surface area (Å²) in [5.41, 5.74) is 0. The third kappa shape index (κ3) is 6.43. The summed E-state index contributed by atoms with van der Waals surface area (Å²) in [7, 11) is 0.